The first kappa shape index (κ1) is 39.9. The van der Waals surface area contributed by atoms with Crippen LogP contribution in [-0.2, 0) is 12.8 Å². The van der Waals surface area contributed by atoms with E-state index in [0.29, 0.717) is 12.2 Å². The van der Waals surface area contributed by atoms with Gasteiger partial charge >= 0.3 is 0 Å². The van der Waals surface area contributed by atoms with Crippen LogP contribution < -0.4 is 0 Å². The summed E-state index contributed by atoms with van der Waals surface area (Å²) in [4.78, 5) is 5.59. The van der Waals surface area contributed by atoms with Crippen LogP contribution in [0.5, 0.6) is 0 Å². The van der Waals surface area contributed by atoms with E-state index >= 15 is 0 Å². The number of para-hydroxylation sites is 1. The molecule has 2 nitrogen and oxygen atoms in total. The molecule has 0 radical (unpaired) electrons. The number of aryl methyl sites for hydroxylation is 3. The minimum Gasteiger partial charge on any atom is -0.294 e. The Bertz CT molecular complexity index is 3090. The molecular weight excluding hydrogens is 749 g/mol. The molecule has 1 aromatic heterocycles. The molecule has 8 aromatic carbocycles. The summed E-state index contributed by atoms with van der Waals surface area (Å²) in [6, 6.07) is 71.6. The van der Waals surface area contributed by atoms with Crippen LogP contribution >= 0.6 is 0 Å². The predicted molar refractivity (Wildman–Crippen MR) is 266 cm³/mol. The summed E-state index contributed by atoms with van der Waals surface area (Å²) < 4.78 is 2.33. The van der Waals surface area contributed by atoms with Gasteiger partial charge in [0, 0.05) is 10.8 Å². The van der Waals surface area contributed by atoms with Crippen LogP contribution in [0.2, 0.25) is 0 Å². The highest BCUT2D eigenvalue weighted by Crippen LogP contribution is 2.40. The molecule has 0 fully saturated rings. The van der Waals surface area contributed by atoms with Gasteiger partial charge in [-0.15, -0.1) is 0 Å². The van der Waals surface area contributed by atoms with Crippen molar-refractivity contribution in [1.82, 2.24) is 4.57 Å². The quantitative estimate of drug-likeness (QED) is 0.0770. The zero-order valence-electron chi connectivity index (χ0n) is 35.3. The van der Waals surface area contributed by atoms with E-state index in [2.05, 4.69) is 224 Å². The molecule has 300 valence electrons. The molecule has 9 aromatic rings. The van der Waals surface area contributed by atoms with Gasteiger partial charge in [-0.05, 0) is 118 Å². The van der Waals surface area contributed by atoms with Crippen molar-refractivity contribution in [3.8, 4) is 33.4 Å². The first-order valence-electron chi connectivity index (χ1n) is 21.6. The lowest BCUT2D eigenvalue weighted by molar-refractivity contribution is 0.962. The SMILES string of the molecule is C=C/C(=C\CC/C(=N\C(=C)n1c2ccccc2c2ccc(-c3ccccc3C)c(CCc3ccccc3)c21)c1cccc(-c2cccc(-c3ccccc3)c2)c1)c1ccccc1. The maximum Gasteiger partial charge on any atom is 0.130 e. The molecule has 0 bridgehead atoms. The topological polar surface area (TPSA) is 17.3 Å². The summed E-state index contributed by atoms with van der Waals surface area (Å²) in [6.45, 7) is 11.2. The molecular formula is C60H50N2. The molecule has 0 saturated carbocycles. The van der Waals surface area contributed by atoms with Gasteiger partial charge in [-0.25, -0.2) is 4.99 Å². The molecule has 0 aliphatic rings. The number of fused-ring (bicyclic) bond motifs is 3. The van der Waals surface area contributed by atoms with Crippen LogP contribution in [0.4, 0.5) is 0 Å². The van der Waals surface area contributed by atoms with E-state index in [-0.39, 0.29) is 0 Å². The molecule has 0 aliphatic heterocycles. The lowest BCUT2D eigenvalue weighted by Crippen LogP contribution is -2.06. The van der Waals surface area contributed by atoms with Crippen LogP contribution in [0, 0.1) is 6.92 Å². The molecule has 0 amide bonds. The van der Waals surface area contributed by atoms with Gasteiger partial charge in [0.15, 0.2) is 0 Å². The van der Waals surface area contributed by atoms with E-state index in [1.807, 2.05) is 6.08 Å². The second-order valence-electron chi connectivity index (χ2n) is 15.9. The van der Waals surface area contributed by atoms with Crippen LogP contribution in [0.3, 0.4) is 0 Å². The monoisotopic (exact) mass is 798 g/mol. The number of hydrogen-bond donors (Lipinski definition) is 0. The zero-order valence-corrected chi connectivity index (χ0v) is 35.3. The summed E-state index contributed by atoms with van der Waals surface area (Å²) in [5, 5.41) is 2.40. The number of benzene rings is 8. The first-order chi connectivity index (χ1) is 30.6. The Morgan fingerprint density at radius 1 is 0.548 bits per heavy atom. The van der Waals surface area contributed by atoms with Crippen molar-refractivity contribution in [2.45, 2.75) is 32.6 Å². The summed E-state index contributed by atoms with van der Waals surface area (Å²) in [7, 11) is 0. The van der Waals surface area contributed by atoms with Gasteiger partial charge in [0.05, 0.1) is 16.7 Å². The first-order valence-corrected chi connectivity index (χ1v) is 21.6. The Morgan fingerprint density at radius 3 is 1.92 bits per heavy atom. The van der Waals surface area contributed by atoms with Crippen molar-refractivity contribution in [2.75, 3.05) is 0 Å². The maximum absolute atomic E-state index is 5.59. The smallest absolute Gasteiger partial charge is 0.130 e. The Morgan fingerprint density at radius 2 is 1.16 bits per heavy atom. The van der Waals surface area contributed by atoms with Crippen molar-refractivity contribution in [2.24, 2.45) is 4.99 Å². The molecule has 0 atom stereocenters. The number of hydrogen-bond acceptors (Lipinski definition) is 1. The fourth-order valence-corrected chi connectivity index (χ4v) is 8.86. The molecule has 62 heavy (non-hydrogen) atoms. The van der Waals surface area contributed by atoms with E-state index in [4.69, 9.17) is 11.6 Å². The van der Waals surface area contributed by atoms with E-state index in [0.717, 1.165) is 52.8 Å². The highest BCUT2D eigenvalue weighted by Gasteiger charge is 2.21. The van der Waals surface area contributed by atoms with Crippen LogP contribution in [0.25, 0.3) is 66.6 Å². The third-order valence-electron chi connectivity index (χ3n) is 12.0. The fourth-order valence-electron chi connectivity index (χ4n) is 8.86. The average Bonchev–Trinajstić information content (AvgIpc) is 3.68. The summed E-state index contributed by atoms with van der Waals surface area (Å²) in [5.41, 5.74) is 17.7. The number of aliphatic imine (C=N–C) groups is 1. The second kappa shape index (κ2) is 18.4. The number of nitrogens with zero attached hydrogens (tertiary/aromatic N) is 2. The van der Waals surface area contributed by atoms with E-state index in [1.165, 1.54) is 60.8 Å². The zero-order chi connectivity index (χ0) is 42.3. The van der Waals surface area contributed by atoms with E-state index in [1.54, 1.807) is 0 Å². The minimum atomic E-state index is 0.696. The van der Waals surface area contributed by atoms with E-state index in [9.17, 15) is 0 Å². The second-order valence-corrected chi connectivity index (χ2v) is 15.9. The minimum absolute atomic E-state index is 0.696. The highest BCUT2D eigenvalue weighted by molar-refractivity contribution is 6.13. The Kier molecular flexibility index (Phi) is 11.8. The lowest BCUT2D eigenvalue weighted by atomic mass is 9.91. The van der Waals surface area contributed by atoms with Crippen molar-refractivity contribution < 1.29 is 0 Å². The Hall–Kier alpha value is -7.55. The van der Waals surface area contributed by atoms with Crippen LogP contribution in [-0.4, -0.2) is 10.3 Å². The van der Waals surface area contributed by atoms with Crippen molar-refractivity contribution >= 4 is 38.9 Å². The van der Waals surface area contributed by atoms with Gasteiger partial charge in [0.1, 0.15) is 5.82 Å². The standard InChI is InChI=1S/C60H50N2/c1-4-46(47-24-10-6-11-25-47)28-20-35-58(52-32-19-31-51(42-52)50-30-18-29-49(41-50)48-26-12-7-13-27-48)61-44(3)62-59-36-17-16-34-55(59)57-40-39-54(53-33-15-14-21-43(53)2)56(60(57)62)38-37-45-22-8-5-9-23-45/h4-19,21-34,36,39-42H,1,3,20,35,37-38H2,2H3/b46-28+,61-58+. The molecule has 0 N–H and O–H groups in total. The molecule has 1 heterocycles. The summed E-state index contributed by atoms with van der Waals surface area (Å²) >= 11 is 0. The largest absolute Gasteiger partial charge is 0.294 e. The van der Waals surface area contributed by atoms with Gasteiger partial charge in [0.25, 0.3) is 0 Å². The number of allylic oxidation sites excluding steroid dienone is 3. The Balaban J connectivity index is 1.20. The molecule has 0 aliphatic carbocycles. The molecule has 0 spiro atoms. The van der Waals surface area contributed by atoms with E-state index < -0.39 is 0 Å². The summed E-state index contributed by atoms with van der Waals surface area (Å²) in [5.74, 6) is 0.696. The highest BCUT2D eigenvalue weighted by atomic mass is 15.1. The fraction of sp³-hybridized carbons (Fsp3) is 0.0833. The van der Waals surface area contributed by atoms with Crippen LogP contribution in [0.15, 0.2) is 230 Å². The van der Waals surface area contributed by atoms with Gasteiger partial charge in [-0.1, -0.05) is 207 Å². The lowest BCUT2D eigenvalue weighted by Gasteiger charge is -2.18. The van der Waals surface area contributed by atoms with Gasteiger partial charge in [-0.2, -0.15) is 0 Å². The number of rotatable bonds is 14. The van der Waals surface area contributed by atoms with Crippen LogP contribution in [0.1, 0.15) is 40.7 Å². The predicted octanol–water partition coefficient (Wildman–Crippen LogP) is 15.9. The Labute approximate surface area is 366 Å². The van der Waals surface area contributed by atoms with Gasteiger partial charge < -0.3 is 0 Å². The maximum atomic E-state index is 5.59. The molecule has 2 heteroatoms. The third-order valence-corrected chi connectivity index (χ3v) is 12.0. The normalized spacial score (nSPS) is 11.9. The van der Waals surface area contributed by atoms with Gasteiger partial charge in [0.2, 0.25) is 0 Å². The summed E-state index contributed by atoms with van der Waals surface area (Å²) in [6.07, 6.45) is 7.51. The average molecular weight is 799 g/mol. The molecule has 9 rings (SSSR count). The van der Waals surface area contributed by atoms with Crippen molar-refractivity contribution in [1.29, 1.82) is 0 Å². The van der Waals surface area contributed by atoms with Crippen molar-refractivity contribution in [3.05, 3.63) is 253 Å². The van der Waals surface area contributed by atoms with Crippen molar-refractivity contribution in [3.63, 3.8) is 0 Å². The van der Waals surface area contributed by atoms with Gasteiger partial charge in [-0.3, -0.25) is 4.57 Å². The molecule has 0 saturated heterocycles. The third kappa shape index (κ3) is 8.41. The molecule has 0 unspecified atom stereocenters. The number of aromatic nitrogens is 1.